The van der Waals surface area contributed by atoms with Gasteiger partial charge < -0.3 is 79.7 Å². The molecule has 6 atom stereocenters. The van der Waals surface area contributed by atoms with Gasteiger partial charge in [-0.15, -0.1) is 0 Å². The number of benzene rings is 3. The number of aliphatic imine (C=N–C) groups is 1. The lowest BCUT2D eigenvalue weighted by Gasteiger charge is -2.27. The van der Waals surface area contributed by atoms with Crippen molar-refractivity contribution in [3.63, 3.8) is 0 Å². The highest BCUT2D eigenvalue weighted by atomic mass is 32.2. The topological polar surface area (TPSA) is 403 Å². The molecule has 0 bridgehead atoms. The number of nitrogens with one attached hydrogen (secondary N) is 6. The van der Waals surface area contributed by atoms with Gasteiger partial charge in [0.05, 0.1) is 13.2 Å². The smallest absolute Gasteiger partial charge is 0.249 e. The van der Waals surface area contributed by atoms with Crippen LogP contribution in [0.2, 0.25) is 0 Å². The molecule has 3 aromatic carbocycles. The highest BCUT2D eigenvalue weighted by Crippen LogP contribution is 2.24. The van der Waals surface area contributed by atoms with Crippen LogP contribution in [0.15, 0.2) is 77.8 Å². The molecule has 18 N–H and O–H groups in total. The van der Waals surface area contributed by atoms with Crippen molar-refractivity contribution in [3.05, 3.63) is 89.5 Å². The lowest BCUT2D eigenvalue weighted by molar-refractivity contribution is -0.137. The maximum absolute atomic E-state index is 14.0. The third kappa shape index (κ3) is 17.7. The number of nitrogens with two attached hydrogens (primary N) is 3. The Balaban J connectivity index is 1.75. The molecule has 0 aromatic heterocycles. The number of phenolic OH excluding ortho intramolecular Hbond substituents is 3. The molecule has 0 unspecified atom stereocenters. The first-order chi connectivity index (χ1) is 32.2. The van der Waals surface area contributed by atoms with E-state index in [1.807, 2.05) is 0 Å². The van der Waals surface area contributed by atoms with Crippen LogP contribution >= 0.6 is 11.8 Å². The molecule has 0 radical (unpaired) electrons. The molecule has 3 rings (SSSR count). The maximum Gasteiger partial charge on any atom is 0.249 e. The van der Waals surface area contributed by atoms with Crippen molar-refractivity contribution in [1.82, 2.24) is 31.9 Å². The van der Waals surface area contributed by atoms with Crippen molar-refractivity contribution in [2.75, 3.05) is 38.6 Å². The number of nitrogens with zero attached hydrogens (tertiary/aromatic N) is 1. The molecule has 23 nitrogen and oxygen atoms in total. The summed E-state index contributed by atoms with van der Waals surface area (Å²) in [5.74, 6) is -5.62. The fraction of sp³-hybridized carbons (Fsp3) is 0.409. The van der Waals surface area contributed by atoms with E-state index in [1.54, 1.807) is 0 Å². The lowest BCUT2D eigenvalue weighted by atomic mass is 9.87. The van der Waals surface area contributed by atoms with Gasteiger partial charge in [-0.3, -0.25) is 38.6 Å². The summed E-state index contributed by atoms with van der Waals surface area (Å²) in [6, 6.07) is 8.44. The number of aromatic hydroxyl groups is 3. The Morgan fingerprint density at radius 2 is 1.15 bits per heavy atom. The molecule has 0 saturated heterocycles. The molecule has 0 aliphatic heterocycles. The highest BCUT2D eigenvalue weighted by molar-refractivity contribution is 8.13. The molecule has 3 aromatic rings. The van der Waals surface area contributed by atoms with Gasteiger partial charge in [-0.25, -0.2) is 0 Å². The molecule has 0 aliphatic rings. The van der Waals surface area contributed by atoms with Gasteiger partial charge in [0.1, 0.15) is 53.6 Å². The predicted molar refractivity (Wildman–Crippen MR) is 249 cm³/mol. The summed E-state index contributed by atoms with van der Waals surface area (Å²) in [6.07, 6.45) is -1.57. The van der Waals surface area contributed by atoms with Gasteiger partial charge in [0.2, 0.25) is 40.6 Å². The third-order valence-corrected chi connectivity index (χ3v) is 11.1. The summed E-state index contributed by atoms with van der Waals surface area (Å²) >= 11 is 0.722. The first-order valence-electron chi connectivity index (χ1n) is 21.2. The average molecular weight is 969 g/mol. The van der Waals surface area contributed by atoms with Gasteiger partial charge in [-0.2, -0.15) is 0 Å². The van der Waals surface area contributed by atoms with E-state index in [0.717, 1.165) is 11.8 Å². The number of carbonyl (C=O) groups is 7. The lowest BCUT2D eigenvalue weighted by Crippen LogP contribution is -2.55. The van der Waals surface area contributed by atoms with E-state index in [1.165, 1.54) is 86.6 Å². The number of rotatable bonds is 26. The minimum absolute atomic E-state index is 0.0114. The van der Waals surface area contributed by atoms with Gasteiger partial charge in [0.25, 0.3) is 0 Å². The van der Waals surface area contributed by atoms with Crippen molar-refractivity contribution in [3.8, 4) is 17.2 Å². The number of hydrogen-bond donors (Lipinski definition) is 15. The second-order valence-electron chi connectivity index (χ2n) is 16.0. The van der Waals surface area contributed by atoms with E-state index in [2.05, 4.69) is 36.9 Å². The van der Waals surface area contributed by atoms with Gasteiger partial charge >= 0.3 is 0 Å². The van der Waals surface area contributed by atoms with Crippen LogP contribution in [0.25, 0.3) is 0 Å². The summed E-state index contributed by atoms with van der Waals surface area (Å²) in [7, 11) is 0. The summed E-state index contributed by atoms with van der Waals surface area (Å²) in [6.45, 7) is 1.46. The van der Waals surface area contributed by atoms with Crippen LogP contribution in [0.5, 0.6) is 17.2 Å². The van der Waals surface area contributed by atoms with Crippen LogP contribution < -0.4 is 49.1 Å². The average Bonchev–Trinajstić information content (AvgIpc) is 3.31. The molecule has 0 saturated carbocycles. The fourth-order valence-corrected chi connectivity index (χ4v) is 6.83. The summed E-state index contributed by atoms with van der Waals surface area (Å²) in [5, 5.41) is 73.7. The summed E-state index contributed by atoms with van der Waals surface area (Å²) in [4.78, 5) is 97.2. The number of carbonyl (C=O) groups excluding carboxylic acids is 7. The number of hydrogen-bond acceptors (Lipinski definition) is 16. The predicted octanol–water partition coefficient (Wildman–Crippen LogP) is -2.20. The zero-order valence-electron chi connectivity index (χ0n) is 37.4. The normalized spacial score (nSPS) is 13.8. The Morgan fingerprint density at radius 1 is 0.647 bits per heavy atom. The number of amides is 6. The van der Waals surface area contributed by atoms with Crippen LogP contribution in [0.1, 0.15) is 67.9 Å². The van der Waals surface area contributed by atoms with Crippen LogP contribution in [-0.2, 0) is 33.6 Å². The van der Waals surface area contributed by atoms with E-state index in [9.17, 15) is 64.2 Å². The van der Waals surface area contributed by atoms with Crippen molar-refractivity contribution in [2.24, 2.45) is 27.6 Å². The zero-order valence-corrected chi connectivity index (χ0v) is 38.2. The largest absolute Gasteiger partial charge is 0.508 e. The Hall–Kier alpha value is -6.99. The number of thioether (sulfide) groups is 1. The Labute approximate surface area is 395 Å². The monoisotopic (exact) mass is 968 g/mol. The highest BCUT2D eigenvalue weighted by Gasteiger charge is 2.34. The van der Waals surface area contributed by atoms with Crippen LogP contribution in [0, 0.1) is 5.41 Å². The number of phenols is 3. The maximum atomic E-state index is 14.0. The molecule has 6 amide bonds. The fourth-order valence-electron chi connectivity index (χ4n) is 6.06. The second kappa shape index (κ2) is 27.0. The van der Waals surface area contributed by atoms with Crippen LogP contribution in [0.3, 0.4) is 0 Å². The molecule has 24 heteroatoms. The molecule has 0 fully saturated rings. The van der Waals surface area contributed by atoms with E-state index < -0.39 is 95.5 Å². The SMILES string of the molecule is CC(C)(CO)[C@@H](O)C(=O)NCCC(=O)NCCSC(=O)[C@H](NC(=O)[C@H](CO)NC(=O)[C@H](NC(=O)[C@H](CCCN=C(N)N)NC(=O)[C@@H](N)c1ccc(O)cc1)c1ccc(O)cc1)c1ccc(O)cc1. The van der Waals surface area contributed by atoms with Crippen LogP contribution in [0.4, 0.5) is 0 Å². The van der Waals surface area contributed by atoms with E-state index in [0.29, 0.717) is 5.56 Å². The number of aliphatic hydroxyl groups excluding tert-OH is 3. The van der Waals surface area contributed by atoms with Crippen molar-refractivity contribution >= 4 is 58.3 Å². The third-order valence-electron chi connectivity index (χ3n) is 10.2. The zero-order chi connectivity index (χ0) is 50.6. The van der Waals surface area contributed by atoms with Crippen molar-refractivity contribution in [1.29, 1.82) is 0 Å². The molecule has 370 valence electrons. The van der Waals surface area contributed by atoms with E-state index in [-0.39, 0.29) is 79.0 Å². The summed E-state index contributed by atoms with van der Waals surface area (Å²) < 4.78 is 0. The Morgan fingerprint density at radius 3 is 1.68 bits per heavy atom. The Kier molecular flexibility index (Phi) is 22.0. The van der Waals surface area contributed by atoms with E-state index >= 15 is 0 Å². The first kappa shape index (κ1) is 55.3. The molecular formula is C44H60N10O13S. The van der Waals surface area contributed by atoms with E-state index in [4.69, 9.17) is 17.2 Å². The summed E-state index contributed by atoms with van der Waals surface area (Å²) in [5.41, 5.74) is 16.5. The van der Waals surface area contributed by atoms with Gasteiger partial charge in [-0.05, 0) is 65.9 Å². The van der Waals surface area contributed by atoms with Gasteiger partial charge in [0, 0.05) is 37.2 Å². The quantitative estimate of drug-likeness (QED) is 0.0230. The number of guanidine groups is 1. The molecule has 0 spiro atoms. The van der Waals surface area contributed by atoms with Crippen LogP contribution in [-0.4, -0.2) is 134 Å². The number of aliphatic hydroxyl groups is 3. The minimum Gasteiger partial charge on any atom is -0.508 e. The van der Waals surface area contributed by atoms with Crippen molar-refractivity contribution in [2.45, 2.75) is 69.4 Å². The molecule has 68 heavy (non-hydrogen) atoms. The minimum atomic E-state index is -1.73. The molecule has 0 aliphatic carbocycles. The Bertz CT molecular complexity index is 2210. The second-order valence-corrected chi connectivity index (χ2v) is 17.1. The molecule has 0 heterocycles. The molecular weight excluding hydrogens is 909 g/mol. The van der Waals surface area contributed by atoms with Gasteiger partial charge in [0.15, 0.2) is 5.96 Å². The standard InChI is InChI=1S/C44H60N10O13S/c1-44(2,23-56)36(61)41(66)49-19-17-32(60)48-20-21-68-42(67)35(26-9-15-29(59)16-10-26)54-38(63)31(22-55)52-40(65)34(25-7-13-28(58)14-8-25)53-37(62)30(4-3-18-50-43(46)47)51-39(64)33(45)24-5-11-27(57)12-6-24/h5-16,30-31,33-36,55-59,61H,3-4,17-23,45H2,1-2H3,(H,48,60)(H,49,66)(H,51,64)(H,52,65)(H,53,62)(H,54,63)(H4,46,47,50)/t30-,31-,33-,34+,35+,36-/m0/s1. The first-order valence-corrected chi connectivity index (χ1v) is 22.2. The van der Waals surface area contributed by atoms with Crippen molar-refractivity contribution < 1.29 is 64.2 Å². The van der Waals surface area contributed by atoms with Gasteiger partial charge in [-0.1, -0.05) is 62.0 Å².